The van der Waals surface area contributed by atoms with Crippen molar-refractivity contribution in [3.05, 3.63) is 59.2 Å². The number of rotatable bonds is 5. The number of hydrogen-bond acceptors (Lipinski definition) is 3. The highest BCUT2D eigenvalue weighted by atomic mass is 32.2. The van der Waals surface area contributed by atoms with Gasteiger partial charge in [-0.05, 0) is 55.2 Å². The summed E-state index contributed by atoms with van der Waals surface area (Å²) in [6, 6.07) is 13.4. The lowest BCUT2D eigenvalue weighted by atomic mass is 10.1. The van der Waals surface area contributed by atoms with Gasteiger partial charge >= 0.3 is 0 Å². The van der Waals surface area contributed by atoms with Crippen molar-refractivity contribution in [3.63, 3.8) is 0 Å². The monoisotopic (exact) mass is 372 g/mol. The van der Waals surface area contributed by atoms with E-state index >= 15 is 0 Å². The molecule has 1 aliphatic heterocycles. The van der Waals surface area contributed by atoms with Gasteiger partial charge in [-0.1, -0.05) is 24.3 Å². The summed E-state index contributed by atoms with van der Waals surface area (Å²) in [5.41, 5.74) is 4.83. The Balaban J connectivity index is 1.77. The lowest BCUT2D eigenvalue weighted by molar-refractivity contribution is -0.118. The van der Waals surface area contributed by atoms with Crippen LogP contribution in [0.2, 0.25) is 0 Å². The second kappa shape index (κ2) is 7.11. The Morgan fingerprint density at radius 3 is 2.54 bits per heavy atom. The molecule has 1 heterocycles. The third kappa shape index (κ3) is 3.75. The van der Waals surface area contributed by atoms with Crippen molar-refractivity contribution >= 4 is 27.3 Å². The quantitative estimate of drug-likeness (QED) is 0.811. The third-order valence-electron chi connectivity index (χ3n) is 4.90. The van der Waals surface area contributed by atoms with Gasteiger partial charge in [0.15, 0.2) is 0 Å². The van der Waals surface area contributed by atoms with Crippen molar-refractivity contribution in [1.82, 2.24) is 0 Å². The van der Waals surface area contributed by atoms with E-state index in [0.717, 1.165) is 28.8 Å². The first-order valence-electron chi connectivity index (χ1n) is 8.70. The zero-order valence-corrected chi connectivity index (χ0v) is 16.2. The zero-order chi connectivity index (χ0) is 18.9. The molecular formula is C20H24N2O3S. The molecule has 0 unspecified atom stereocenters. The standard InChI is InChI=1S/C20H24N2O3S/c1-15-8-9-18(14-16(15)2)22(26(3,24)25)13-11-20(23)21-12-10-17-6-4-5-7-19(17)21/h4-9,14H,10-13H2,1-3H3. The molecule has 0 aromatic heterocycles. The fraction of sp³-hybridized carbons (Fsp3) is 0.350. The number of amides is 1. The van der Waals surface area contributed by atoms with Crippen LogP contribution >= 0.6 is 0 Å². The maximum absolute atomic E-state index is 12.7. The molecule has 0 spiro atoms. The molecule has 0 N–H and O–H groups in total. The molecule has 0 radical (unpaired) electrons. The molecule has 26 heavy (non-hydrogen) atoms. The molecule has 2 aromatic rings. The highest BCUT2D eigenvalue weighted by Crippen LogP contribution is 2.28. The van der Waals surface area contributed by atoms with Crippen molar-refractivity contribution in [2.24, 2.45) is 0 Å². The maximum Gasteiger partial charge on any atom is 0.232 e. The summed E-state index contributed by atoms with van der Waals surface area (Å²) in [7, 11) is -3.46. The molecule has 5 nitrogen and oxygen atoms in total. The van der Waals surface area contributed by atoms with Crippen LogP contribution < -0.4 is 9.21 Å². The Morgan fingerprint density at radius 1 is 1.12 bits per heavy atom. The zero-order valence-electron chi connectivity index (χ0n) is 15.4. The topological polar surface area (TPSA) is 57.7 Å². The Morgan fingerprint density at radius 2 is 1.85 bits per heavy atom. The van der Waals surface area contributed by atoms with Gasteiger partial charge in [-0.2, -0.15) is 0 Å². The molecular weight excluding hydrogens is 348 g/mol. The number of carbonyl (C=O) groups is 1. The van der Waals surface area contributed by atoms with Crippen LogP contribution in [0, 0.1) is 13.8 Å². The van der Waals surface area contributed by atoms with Crippen LogP contribution in [0.3, 0.4) is 0 Å². The lowest BCUT2D eigenvalue weighted by Crippen LogP contribution is -2.36. The minimum atomic E-state index is -3.46. The predicted molar refractivity (Wildman–Crippen MR) is 105 cm³/mol. The van der Waals surface area contributed by atoms with Gasteiger partial charge in [0.25, 0.3) is 0 Å². The van der Waals surface area contributed by atoms with E-state index in [2.05, 4.69) is 0 Å². The van der Waals surface area contributed by atoms with E-state index in [0.29, 0.717) is 12.2 Å². The third-order valence-corrected chi connectivity index (χ3v) is 6.09. The second-order valence-electron chi connectivity index (χ2n) is 6.78. The molecule has 0 fully saturated rings. The first kappa shape index (κ1) is 18.5. The van der Waals surface area contributed by atoms with Crippen LogP contribution in [0.1, 0.15) is 23.1 Å². The molecule has 0 saturated carbocycles. The van der Waals surface area contributed by atoms with E-state index in [1.165, 1.54) is 10.6 Å². The van der Waals surface area contributed by atoms with E-state index in [-0.39, 0.29) is 18.9 Å². The number of carbonyl (C=O) groups excluding carboxylic acids is 1. The second-order valence-corrected chi connectivity index (χ2v) is 8.68. The smallest absolute Gasteiger partial charge is 0.232 e. The molecule has 0 atom stereocenters. The molecule has 1 aliphatic rings. The molecule has 1 amide bonds. The van der Waals surface area contributed by atoms with Gasteiger partial charge in [-0.15, -0.1) is 0 Å². The van der Waals surface area contributed by atoms with Crippen molar-refractivity contribution in [2.75, 3.05) is 28.6 Å². The Hall–Kier alpha value is -2.34. The Bertz CT molecular complexity index is 938. The first-order chi connectivity index (χ1) is 12.3. The fourth-order valence-electron chi connectivity index (χ4n) is 3.30. The van der Waals surface area contributed by atoms with Crippen LogP contribution in [0.4, 0.5) is 11.4 Å². The van der Waals surface area contributed by atoms with Crippen LogP contribution in [0.15, 0.2) is 42.5 Å². The first-order valence-corrected chi connectivity index (χ1v) is 10.6. The Labute approximate surface area is 155 Å². The van der Waals surface area contributed by atoms with Gasteiger partial charge < -0.3 is 4.90 Å². The number of para-hydroxylation sites is 1. The summed E-state index contributed by atoms with van der Waals surface area (Å²) in [6.45, 7) is 4.73. The van der Waals surface area contributed by atoms with Crippen LogP contribution in [-0.2, 0) is 21.2 Å². The number of nitrogens with zero attached hydrogens (tertiary/aromatic N) is 2. The summed E-state index contributed by atoms with van der Waals surface area (Å²) < 4.78 is 25.8. The summed E-state index contributed by atoms with van der Waals surface area (Å²) in [6.07, 6.45) is 2.17. The maximum atomic E-state index is 12.7. The summed E-state index contributed by atoms with van der Waals surface area (Å²) in [5.74, 6) is -0.0487. The molecule has 0 aliphatic carbocycles. The van der Waals surface area contributed by atoms with E-state index in [1.54, 1.807) is 11.0 Å². The predicted octanol–water partition coefficient (Wildman–Crippen LogP) is 3.05. The number of hydrogen-bond donors (Lipinski definition) is 0. The van der Waals surface area contributed by atoms with E-state index in [4.69, 9.17) is 0 Å². The van der Waals surface area contributed by atoms with Gasteiger partial charge in [0.05, 0.1) is 11.9 Å². The highest BCUT2D eigenvalue weighted by Gasteiger charge is 2.26. The molecule has 0 saturated heterocycles. The summed E-state index contributed by atoms with van der Waals surface area (Å²) >= 11 is 0. The van der Waals surface area contributed by atoms with Gasteiger partial charge in [0.1, 0.15) is 0 Å². The van der Waals surface area contributed by atoms with Gasteiger partial charge in [-0.25, -0.2) is 8.42 Å². The van der Waals surface area contributed by atoms with Crippen molar-refractivity contribution < 1.29 is 13.2 Å². The van der Waals surface area contributed by atoms with Crippen LogP contribution in [0.5, 0.6) is 0 Å². The largest absolute Gasteiger partial charge is 0.312 e. The minimum absolute atomic E-state index is 0.0487. The molecule has 2 aromatic carbocycles. The number of anilines is 2. The van der Waals surface area contributed by atoms with E-state index in [1.807, 2.05) is 50.2 Å². The molecule has 138 valence electrons. The molecule has 3 rings (SSSR count). The van der Waals surface area contributed by atoms with Gasteiger partial charge in [0.2, 0.25) is 15.9 Å². The van der Waals surface area contributed by atoms with Gasteiger partial charge in [-0.3, -0.25) is 9.10 Å². The van der Waals surface area contributed by atoms with Crippen molar-refractivity contribution in [1.29, 1.82) is 0 Å². The minimum Gasteiger partial charge on any atom is -0.312 e. The lowest BCUT2D eigenvalue weighted by Gasteiger charge is -2.24. The number of aryl methyl sites for hydroxylation is 2. The summed E-state index contributed by atoms with van der Waals surface area (Å²) in [4.78, 5) is 14.5. The number of fused-ring (bicyclic) bond motifs is 1. The normalized spacial score (nSPS) is 13.6. The average Bonchev–Trinajstić information content (AvgIpc) is 3.01. The van der Waals surface area contributed by atoms with E-state index in [9.17, 15) is 13.2 Å². The van der Waals surface area contributed by atoms with Crippen LogP contribution in [-0.4, -0.2) is 33.7 Å². The number of sulfonamides is 1. The molecule has 0 bridgehead atoms. The van der Waals surface area contributed by atoms with E-state index < -0.39 is 10.0 Å². The molecule has 6 heteroatoms. The average molecular weight is 372 g/mol. The van der Waals surface area contributed by atoms with Crippen molar-refractivity contribution in [3.8, 4) is 0 Å². The van der Waals surface area contributed by atoms with Crippen molar-refractivity contribution in [2.45, 2.75) is 26.7 Å². The Kier molecular flexibility index (Phi) is 5.05. The highest BCUT2D eigenvalue weighted by molar-refractivity contribution is 7.92. The van der Waals surface area contributed by atoms with Crippen LogP contribution in [0.25, 0.3) is 0 Å². The fourth-order valence-corrected chi connectivity index (χ4v) is 4.22. The summed E-state index contributed by atoms with van der Waals surface area (Å²) in [5, 5.41) is 0. The SMILES string of the molecule is Cc1ccc(N(CCC(=O)N2CCc3ccccc32)S(C)(=O)=O)cc1C. The number of benzene rings is 2. The van der Waals surface area contributed by atoms with Gasteiger partial charge in [0, 0.05) is 25.2 Å².